The molecule has 2 aromatic heterocycles. The summed E-state index contributed by atoms with van der Waals surface area (Å²) in [6, 6.07) is 1.54. The molecule has 0 aliphatic rings. The number of carbonyl (C=O) groups excluding carboxylic acids is 1. The number of hydrogen-bond donors (Lipinski definition) is 3. The van der Waals surface area contributed by atoms with Gasteiger partial charge >= 0.3 is 6.03 Å². The van der Waals surface area contributed by atoms with Crippen molar-refractivity contribution in [3.05, 3.63) is 38.5 Å². The van der Waals surface area contributed by atoms with E-state index in [4.69, 9.17) is 0 Å². The van der Waals surface area contributed by atoms with E-state index < -0.39 is 6.10 Å². The van der Waals surface area contributed by atoms with Gasteiger partial charge in [-0.2, -0.15) is 11.3 Å². The Morgan fingerprint density at radius 2 is 2.37 bits per heavy atom. The predicted molar refractivity (Wildman–Crippen MR) is 76.4 cm³/mol. The fourth-order valence-corrected chi connectivity index (χ4v) is 2.91. The lowest BCUT2D eigenvalue weighted by Crippen LogP contribution is -2.37. The summed E-state index contributed by atoms with van der Waals surface area (Å²) >= 11 is 3.07. The van der Waals surface area contributed by atoms with E-state index in [-0.39, 0.29) is 12.6 Å². The number of nitrogens with zero attached hydrogens (tertiary/aromatic N) is 1. The average Bonchev–Trinajstić information content (AvgIpc) is 3.04. The van der Waals surface area contributed by atoms with Gasteiger partial charge in [0.15, 0.2) is 0 Å². The quantitative estimate of drug-likeness (QED) is 0.790. The fourth-order valence-electron chi connectivity index (χ4n) is 1.47. The highest BCUT2D eigenvalue weighted by Crippen LogP contribution is 2.15. The van der Waals surface area contributed by atoms with Gasteiger partial charge in [0.1, 0.15) is 5.01 Å². The lowest BCUT2D eigenvalue weighted by molar-refractivity contribution is 0.173. The number of rotatable bonds is 5. The number of hydrogen-bond acceptors (Lipinski definition) is 5. The lowest BCUT2D eigenvalue weighted by atomic mass is 10.2. The maximum atomic E-state index is 11.5. The molecule has 102 valence electrons. The standard InChI is InChI=1S/C12H15N3O2S2/c1-8-4-13-11(19-8)6-15-12(17)14-5-10(16)9-2-3-18-7-9/h2-4,7,10,16H,5-6H2,1H3,(H2,14,15,17). The number of amides is 2. The number of urea groups is 1. The van der Waals surface area contributed by atoms with Crippen LogP contribution < -0.4 is 10.6 Å². The number of thiophene rings is 1. The molecule has 0 spiro atoms. The second-order valence-corrected chi connectivity index (χ2v) is 6.10. The van der Waals surface area contributed by atoms with Gasteiger partial charge in [0.05, 0.1) is 12.6 Å². The largest absolute Gasteiger partial charge is 0.387 e. The van der Waals surface area contributed by atoms with Crippen LogP contribution in [0.3, 0.4) is 0 Å². The van der Waals surface area contributed by atoms with E-state index in [9.17, 15) is 9.90 Å². The summed E-state index contributed by atoms with van der Waals surface area (Å²) in [5.74, 6) is 0. The number of nitrogens with one attached hydrogen (secondary N) is 2. The summed E-state index contributed by atoms with van der Waals surface area (Å²) in [6.45, 7) is 2.57. The second kappa shape index (κ2) is 6.65. The van der Waals surface area contributed by atoms with Crippen molar-refractivity contribution in [1.82, 2.24) is 15.6 Å². The smallest absolute Gasteiger partial charge is 0.315 e. The highest BCUT2D eigenvalue weighted by atomic mass is 32.1. The van der Waals surface area contributed by atoms with E-state index in [1.807, 2.05) is 23.8 Å². The van der Waals surface area contributed by atoms with Crippen LogP contribution in [0.4, 0.5) is 4.79 Å². The first-order valence-electron chi connectivity index (χ1n) is 5.78. The zero-order chi connectivity index (χ0) is 13.7. The first-order valence-corrected chi connectivity index (χ1v) is 7.54. The number of aliphatic hydroxyl groups excluding tert-OH is 1. The topological polar surface area (TPSA) is 74.2 Å². The molecule has 0 bridgehead atoms. The zero-order valence-corrected chi connectivity index (χ0v) is 12.1. The van der Waals surface area contributed by atoms with Gasteiger partial charge in [0, 0.05) is 17.6 Å². The molecule has 7 heteroatoms. The third-order valence-corrected chi connectivity index (χ3v) is 4.07. The Hall–Kier alpha value is -1.44. The van der Waals surface area contributed by atoms with E-state index in [0.29, 0.717) is 6.54 Å². The first-order chi connectivity index (χ1) is 9.15. The Labute approximate surface area is 119 Å². The molecule has 2 amide bonds. The van der Waals surface area contributed by atoms with Gasteiger partial charge in [-0.25, -0.2) is 9.78 Å². The van der Waals surface area contributed by atoms with E-state index >= 15 is 0 Å². The van der Waals surface area contributed by atoms with Crippen molar-refractivity contribution in [3.63, 3.8) is 0 Å². The number of thiazole rings is 1. The molecule has 2 aromatic rings. The number of aliphatic hydroxyl groups is 1. The van der Waals surface area contributed by atoms with Crippen molar-refractivity contribution in [2.24, 2.45) is 0 Å². The van der Waals surface area contributed by atoms with Crippen molar-refractivity contribution < 1.29 is 9.90 Å². The van der Waals surface area contributed by atoms with Gasteiger partial charge in [0.25, 0.3) is 0 Å². The first kappa shape index (κ1) is 14.0. The number of aromatic nitrogens is 1. The monoisotopic (exact) mass is 297 g/mol. The normalized spacial score (nSPS) is 12.1. The maximum Gasteiger partial charge on any atom is 0.315 e. The summed E-state index contributed by atoms with van der Waals surface area (Å²) in [5.41, 5.74) is 0.820. The molecule has 19 heavy (non-hydrogen) atoms. The summed E-state index contributed by atoms with van der Waals surface area (Å²) in [5, 5.41) is 19.8. The summed E-state index contributed by atoms with van der Waals surface area (Å²) in [6.07, 6.45) is 1.11. The van der Waals surface area contributed by atoms with Crippen LogP contribution in [0.5, 0.6) is 0 Å². The van der Waals surface area contributed by atoms with Crippen LogP contribution in [0.15, 0.2) is 23.0 Å². The summed E-state index contributed by atoms with van der Waals surface area (Å²) in [7, 11) is 0. The Kier molecular flexibility index (Phi) is 4.89. The van der Waals surface area contributed by atoms with Gasteiger partial charge in [-0.15, -0.1) is 11.3 Å². The molecule has 0 saturated carbocycles. The molecule has 1 unspecified atom stereocenters. The van der Waals surface area contributed by atoms with Crippen molar-refractivity contribution in [1.29, 1.82) is 0 Å². The SMILES string of the molecule is Cc1cnc(CNC(=O)NCC(O)c2ccsc2)s1. The molecule has 3 N–H and O–H groups in total. The van der Waals surface area contributed by atoms with Crippen molar-refractivity contribution in [2.45, 2.75) is 19.6 Å². The molecule has 0 aliphatic heterocycles. The van der Waals surface area contributed by atoms with E-state index in [1.54, 1.807) is 17.5 Å². The number of aryl methyl sites for hydroxylation is 1. The zero-order valence-electron chi connectivity index (χ0n) is 10.4. The van der Waals surface area contributed by atoms with Crippen LogP contribution in [0, 0.1) is 6.92 Å². The van der Waals surface area contributed by atoms with Crippen LogP contribution in [-0.4, -0.2) is 22.7 Å². The molecular weight excluding hydrogens is 282 g/mol. The fraction of sp³-hybridized carbons (Fsp3) is 0.333. The minimum absolute atomic E-state index is 0.194. The Bertz CT molecular complexity index is 525. The molecule has 0 aliphatic carbocycles. The Morgan fingerprint density at radius 1 is 1.53 bits per heavy atom. The summed E-state index contributed by atoms with van der Waals surface area (Å²) in [4.78, 5) is 16.8. The van der Waals surface area contributed by atoms with Gasteiger partial charge < -0.3 is 15.7 Å². The van der Waals surface area contributed by atoms with Crippen molar-refractivity contribution in [3.8, 4) is 0 Å². The molecule has 1 atom stereocenters. The summed E-state index contributed by atoms with van der Waals surface area (Å²) < 4.78 is 0. The van der Waals surface area contributed by atoms with Crippen LogP contribution >= 0.6 is 22.7 Å². The minimum atomic E-state index is -0.667. The molecule has 5 nitrogen and oxygen atoms in total. The second-order valence-electron chi connectivity index (χ2n) is 4.00. The van der Waals surface area contributed by atoms with Gasteiger partial charge in [-0.05, 0) is 29.3 Å². The van der Waals surface area contributed by atoms with Crippen molar-refractivity contribution in [2.75, 3.05) is 6.54 Å². The molecule has 0 saturated heterocycles. The Balaban J connectivity index is 1.70. The lowest BCUT2D eigenvalue weighted by Gasteiger charge is -2.10. The van der Waals surface area contributed by atoms with Crippen LogP contribution in [-0.2, 0) is 6.54 Å². The third kappa shape index (κ3) is 4.30. The van der Waals surface area contributed by atoms with E-state index in [0.717, 1.165) is 15.4 Å². The molecule has 0 radical (unpaired) electrons. The molecular formula is C12H15N3O2S2. The highest BCUT2D eigenvalue weighted by molar-refractivity contribution is 7.11. The molecule has 2 rings (SSSR count). The average molecular weight is 297 g/mol. The van der Waals surface area contributed by atoms with Crippen molar-refractivity contribution >= 4 is 28.7 Å². The van der Waals surface area contributed by atoms with Gasteiger partial charge in [-0.1, -0.05) is 0 Å². The molecule has 0 aromatic carbocycles. The number of carbonyl (C=O) groups is 1. The minimum Gasteiger partial charge on any atom is -0.387 e. The third-order valence-electron chi connectivity index (χ3n) is 2.45. The van der Waals surface area contributed by atoms with Crippen LogP contribution in [0.25, 0.3) is 0 Å². The van der Waals surface area contributed by atoms with E-state index in [1.165, 1.54) is 11.3 Å². The molecule has 2 heterocycles. The predicted octanol–water partition coefficient (Wildman–Crippen LogP) is 2.05. The molecule has 0 fully saturated rings. The van der Waals surface area contributed by atoms with Gasteiger partial charge in [-0.3, -0.25) is 0 Å². The maximum absolute atomic E-state index is 11.5. The van der Waals surface area contributed by atoms with E-state index in [2.05, 4.69) is 15.6 Å². The van der Waals surface area contributed by atoms with Gasteiger partial charge in [0.2, 0.25) is 0 Å². The van der Waals surface area contributed by atoms with Crippen LogP contribution in [0.1, 0.15) is 21.6 Å². The highest BCUT2D eigenvalue weighted by Gasteiger charge is 2.09. The Morgan fingerprint density at radius 3 is 3.00 bits per heavy atom. The van der Waals surface area contributed by atoms with Crippen LogP contribution in [0.2, 0.25) is 0 Å².